The molecule has 0 spiro atoms. The number of nitrogens with one attached hydrogen (secondary N) is 1. The SMILES string of the molecule is CCOC(=O)C1=C(C)NC2=C(C(=O)[C@H](C(=O)OCC)[C@@H](c3ccccc3OC)C2)[C@H]1c1ccc(OCC)cc1. The van der Waals surface area contributed by atoms with Gasteiger partial charge in [-0.05, 0) is 63.4 Å². The molecule has 0 fully saturated rings. The van der Waals surface area contributed by atoms with Gasteiger partial charge in [-0.15, -0.1) is 0 Å². The second kappa shape index (κ2) is 12.2. The Morgan fingerprint density at radius 1 is 0.949 bits per heavy atom. The van der Waals surface area contributed by atoms with Gasteiger partial charge in [-0.2, -0.15) is 0 Å². The molecule has 2 aromatic rings. The van der Waals surface area contributed by atoms with Gasteiger partial charge < -0.3 is 24.3 Å². The van der Waals surface area contributed by atoms with Gasteiger partial charge >= 0.3 is 11.9 Å². The van der Waals surface area contributed by atoms with E-state index in [-0.39, 0.29) is 19.0 Å². The number of rotatable bonds is 9. The Morgan fingerprint density at radius 2 is 1.64 bits per heavy atom. The van der Waals surface area contributed by atoms with Crippen molar-refractivity contribution in [3.05, 3.63) is 82.2 Å². The van der Waals surface area contributed by atoms with E-state index in [1.165, 1.54) is 0 Å². The van der Waals surface area contributed by atoms with Crippen LogP contribution in [0.4, 0.5) is 0 Å². The van der Waals surface area contributed by atoms with Gasteiger partial charge in [0.2, 0.25) is 0 Å². The predicted molar refractivity (Wildman–Crippen MR) is 145 cm³/mol. The Balaban J connectivity index is 1.90. The summed E-state index contributed by atoms with van der Waals surface area (Å²) in [6.45, 7) is 7.99. The summed E-state index contributed by atoms with van der Waals surface area (Å²) in [7, 11) is 1.56. The smallest absolute Gasteiger partial charge is 0.336 e. The predicted octanol–water partition coefficient (Wildman–Crippen LogP) is 4.81. The Hall–Kier alpha value is -4.07. The molecule has 1 aliphatic heterocycles. The second-order valence-corrected chi connectivity index (χ2v) is 9.36. The number of benzene rings is 2. The van der Waals surface area contributed by atoms with Gasteiger partial charge in [0.15, 0.2) is 5.78 Å². The molecular formula is C31H35NO7. The summed E-state index contributed by atoms with van der Waals surface area (Å²) in [5.41, 5.74) is 3.45. The van der Waals surface area contributed by atoms with Gasteiger partial charge in [0, 0.05) is 28.8 Å². The number of ether oxygens (including phenoxy) is 4. The highest BCUT2D eigenvalue weighted by Gasteiger charge is 2.49. The number of allylic oxidation sites excluding steroid dienone is 3. The van der Waals surface area contributed by atoms with Crippen molar-refractivity contribution in [3.63, 3.8) is 0 Å². The van der Waals surface area contributed by atoms with Crippen LogP contribution in [-0.4, -0.2) is 44.7 Å². The number of esters is 2. The third kappa shape index (κ3) is 5.41. The van der Waals surface area contributed by atoms with Crippen LogP contribution < -0.4 is 14.8 Å². The van der Waals surface area contributed by atoms with Gasteiger partial charge in [0.1, 0.15) is 17.4 Å². The molecule has 206 valence electrons. The van der Waals surface area contributed by atoms with Crippen LogP contribution >= 0.6 is 0 Å². The highest BCUT2D eigenvalue weighted by atomic mass is 16.5. The summed E-state index contributed by atoms with van der Waals surface area (Å²) in [6.07, 6.45) is 0.353. The van der Waals surface area contributed by atoms with Crippen LogP contribution in [0.5, 0.6) is 11.5 Å². The molecule has 2 aliphatic rings. The topological polar surface area (TPSA) is 100 Å². The highest BCUT2D eigenvalue weighted by molar-refractivity contribution is 6.13. The van der Waals surface area contributed by atoms with Crippen LogP contribution in [0, 0.1) is 5.92 Å². The normalized spacial score (nSPS) is 20.6. The monoisotopic (exact) mass is 533 g/mol. The number of Topliss-reactive ketones (excluding diaryl/α,β-unsaturated/α-hetero) is 1. The summed E-state index contributed by atoms with van der Waals surface area (Å²) in [6, 6.07) is 14.7. The molecule has 0 unspecified atom stereocenters. The summed E-state index contributed by atoms with van der Waals surface area (Å²) < 4.78 is 22.0. The maximum Gasteiger partial charge on any atom is 0.336 e. The van der Waals surface area contributed by atoms with Crippen LogP contribution in [0.3, 0.4) is 0 Å². The van der Waals surface area contributed by atoms with Crippen molar-refractivity contribution in [1.82, 2.24) is 5.32 Å². The Labute approximate surface area is 229 Å². The zero-order chi connectivity index (χ0) is 28.1. The van der Waals surface area contributed by atoms with Crippen molar-refractivity contribution in [1.29, 1.82) is 0 Å². The van der Waals surface area contributed by atoms with E-state index < -0.39 is 29.7 Å². The van der Waals surface area contributed by atoms with Crippen molar-refractivity contribution in [2.24, 2.45) is 5.92 Å². The molecule has 0 amide bonds. The van der Waals surface area contributed by atoms with Crippen LogP contribution in [0.15, 0.2) is 71.1 Å². The van der Waals surface area contributed by atoms with Gasteiger partial charge in [-0.1, -0.05) is 30.3 Å². The number of ketones is 1. The number of carbonyl (C=O) groups excluding carboxylic acids is 3. The van der Waals surface area contributed by atoms with E-state index in [4.69, 9.17) is 18.9 Å². The van der Waals surface area contributed by atoms with Crippen LogP contribution in [0.1, 0.15) is 57.1 Å². The Kier molecular flexibility index (Phi) is 8.74. The molecular weight excluding hydrogens is 498 g/mol. The van der Waals surface area contributed by atoms with E-state index in [1.807, 2.05) is 55.5 Å². The third-order valence-electron chi connectivity index (χ3n) is 7.12. The van der Waals surface area contributed by atoms with Crippen molar-refractivity contribution < 1.29 is 33.3 Å². The largest absolute Gasteiger partial charge is 0.496 e. The number of dihydropyridines is 1. The number of hydrogen-bond donors (Lipinski definition) is 1. The first kappa shape index (κ1) is 28.0. The quantitative estimate of drug-likeness (QED) is 0.362. The molecule has 4 rings (SSSR count). The standard InChI is InChI=1S/C31H35NO7/c1-6-37-20-15-13-19(14-16-20)26-25(30(34)38-7-2)18(4)32-23-17-22(21-11-9-10-12-24(21)36-5)27(29(33)28(23)26)31(35)39-8-3/h9-16,22,26-27,32H,6-8,17H2,1-5H3/t22-,26+,27-/m1/s1. The summed E-state index contributed by atoms with van der Waals surface area (Å²) in [5.74, 6) is -2.57. The van der Waals surface area contributed by atoms with Crippen molar-refractivity contribution in [3.8, 4) is 11.5 Å². The summed E-state index contributed by atoms with van der Waals surface area (Å²) >= 11 is 0. The van der Waals surface area contributed by atoms with Crippen molar-refractivity contribution in [2.45, 2.75) is 46.0 Å². The van der Waals surface area contributed by atoms with E-state index >= 15 is 0 Å². The van der Waals surface area contributed by atoms with Gasteiger partial charge in [-0.25, -0.2) is 4.79 Å². The van der Waals surface area contributed by atoms with Gasteiger partial charge in [0.25, 0.3) is 0 Å². The minimum atomic E-state index is -1.10. The molecule has 0 bridgehead atoms. The molecule has 8 heteroatoms. The summed E-state index contributed by atoms with van der Waals surface area (Å²) in [4.78, 5) is 41.0. The second-order valence-electron chi connectivity index (χ2n) is 9.36. The third-order valence-corrected chi connectivity index (χ3v) is 7.12. The number of carbonyl (C=O) groups is 3. The van der Waals surface area contributed by atoms with Crippen molar-refractivity contribution >= 4 is 17.7 Å². The number of methoxy groups -OCH3 is 1. The zero-order valence-electron chi connectivity index (χ0n) is 23.0. The average molecular weight is 534 g/mol. The first-order chi connectivity index (χ1) is 18.9. The fourth-order valence-corrected chi connectivity index (χ4v) is 5.54. The van der Waals surface area contributed by atoms with E-state index in [0.29, 0.717) is 47.1 Å². The van der Waals surface area contributed by atoms with Crippen LogP contribution in [0.2, 0.25) is 0 Å². The zero-order valence-corrected chi connectivity index (χ0v) is 23.0. The lowest BCUT2D eigenvalue weighted by molar-refractivity contribution is -0.152. The van der Waals surface area contributed by atoms with Crippen LogP contribution in [0.25, 0.3) is 0 Å². The van der Waals surface area contributed by atoms with Crippen LogP contribution in [-0.2, 0) is 23.9 Å². The fourth-order valence-electron chi connectivity index (χ4n) is 5.54. The van der Waals surface area contributed by atoms with E-state index in [1.54, 1.807) is 27.9 Å². The van der Waals surface area contributed by atoms with E-state index in [0.717, 1.165) is 11.1 Å². The van der Waals surface area contributed by atoms with Gasteiger partial charge in [-0.3, -0.25) is 9.59 Å². The summed E-state index contributed by atoms with van der Waals surface area (Å²) in [5, 5.41) is 3.32. The Morgan fingerprint density at radius 3 is 2.28 bits per heavy atom. The first-order valence-corrected chi connectivity index (χ1v) is 13.3. The molecule has 0 radical (unpaired) electrons. The Bertz CT molecular complexity index is 1310. The molecule has 8 nitrogen and oxygen atoms in total. The average Bonchev–Trinajstić information content (AvgIpc) is 2.93. The minimum Gasteiger partial charge on any atom is -0.496 e. The molecule has 3 atom stereocenters. The molecule has 0 saturated carbocycles. The minimum absolute atomic E-state index is 0.140. The molecule has 1 N–H and O–H groups in total. The maximum absolute atomic E-state index is 14.4. The number of para-hydroxylation sites is 1. The van der Waals surface area contributed by atoms with E-state index in [2.05, 4.69) is 5.32 Å². The molecule has 1 heterocycles. The first-order valence-electron chi connectivity index (χ1n) is 13.3. The molecule has 0 saturated heterocycles. The molecule has 0 aromatic heterocycles. The van der Waals surface area contributed by atoms with Gasteiger partial charge in [0.05, 0.1) is 32.5 Å². The maximum atomic E-state index is 14.4. The molecule has 2 aromatic carbocycles. The number of hydrogen-bond acceptors (Lipinski definition) is 8. The molecule has 1 aliphatic carbocycles. The van der Waals surface area contributed by atoms with E-state index in [9.17, 15) is 14.4 Å². The lowest BCUT2D eigenvalue weighted by Crippen LogP contribution is -2.43. The lowest BCUT2D eigenvalue weighted by atomic mass is 9.67. The highest BCUT2D eigenvalue weighted by Crippen LogP contribution is 2.49. The molecule has 39 heavy (non-hydrogen) atoms. The van der Waals surface area contributed by atoms with Crippen molar-refractivity contribution in [2.75, 3.05) is 26.9 Å². The lowest BCUT2D eigenvalue weighted by Gasteiger charge is -2.39. The fraction of sp³-hybridized carbons (Fsp3) is 0.387.